The second kappa shape index (κ2) is 12.6. The van der Waals surface area contributed by atoms with E-state index in [1.165, 1.54) is 20.2 Å². The van der Waals surface area contributed by atoms with Crippen molar-refractivity contribution in [3.63, 3.8) is 0 Å². The van der Waals surface area contributed by atoms with Crippen molar-refractivity contribution in [1.82, 2.24) is 19.5 Å². The van der Waals surface area contributed by atoms with Crippen LogP contribution in [-0.2, 0) is 0 Å². The maximum Gasteiger partial charge on any atom is 0.164 e. The van der Waals surface area contributed by atoms with Gasteiger partial charge in [0.2, 0.25) is 0 Å². The molecule has 12 radical (unpaired) electrons. The van der Waals surface area contributed by atoms with Crippen molar-refractivity contribution in [3.8, 4) is 39.9 Å². The van der Waals surface area contributed by atoms with Crippen LogP contribution in [0.15, 0.2) is 126 Å². The number of rotatable bonds is 4. The quantitative estimate of drug-likeness (QED) is 0.240. The van der Waals surface area contributed by atoms with Gasteiger partial charge < -0.3 is 8.98 Å². The molecule has 0 spiro atoms. The Morgan fingerprint density at radius 1 is 0.439 bits per heavy atom. The van der Waals surface area contributed by atoms with E-state index >= 15 is 0 Å². The first kappa shape index (κ1) is 34.0. The zero-order valence-electron chi connectivity index (χ0n) is 30.1. The molecule has 4 heterocycles. The number of thiophene rings is 1. The van der Waals surface area contributed by atoms with E-state index < -0.39 is 0 Å². The lowest BCUT2D eigenvalue weighted by molar-refractivity contribution is 0.674. The molecule has 250 valence electrons. The van der Waals surface area contributed by atoms with Crippen LogP contribution < -0.4 is 32.8 Å². The molecular weight excluding hydrogens is 709 g/mol. The molecule has 0 N–H and O–H groups in total. The van der Waals surface area contributed by atoms with E-state index in [4.69, 9.17) is 66.4 Å². The van der Waals surface area contributed by atoms with Crippen LogP contribution in [0.1, 0.15) is 0 Å². The zero-order valence-corrected chi connectivity index (χ0v) is 30.9. The van der Waals surface area contributed by atoms with Crippen molar-refractivity contribution < 1.29 is 4.42 Å². The Bertz CT molecular complexity index is 3430. The van der Waals surface area contributed by atoms with Crippen LogP contribution in [0.5, 0.6) is 0 Å². The molecule has 5 nitrogen and oxygen atoms in total. The van der Waals surface area contributed by atoms with Crippen molar-refractivity contribution in [1.29, 1.82) is 0 Å². The van der Waals surface area contributed by atoms with E-state index in [1.54, 1.807) is 11.3 Å². The summed E-state index contributed by atoms with van der Waals surface area (Å²) < 4.78 is 11.1. The highest BCUT2D eigenvalue weighted by Crippen LogP contribution is 2.43. The molecule has 12 heteroatoms. The fourth-order valence-corrected chi connectivity index (χ4v) is 9.50. The lowest BCUT2D eigenvalue weighted by Gasteiger charge is -2.19. The summed E-state index contributed by atoms with van der Waals surface area (Å²) in [6, 6.07) is 40.1. The first-order chi connectivity index (χ1) is 27.8. The molecule has 0 bridgehead atoms. The topological polar surface area (TPSA) is 56.7 Å². The molecule has 11 aromatic rings. The third-order valence-corrected chi connectivity index (χ3v) is 12.1. The van der Waals surface area contributed by atoms with Gasteiger partial charge in [0.15, 0.2) is 17.5 Å². The van der Waals surface area contributed by atoms with Crippen molar-refractivity contribution in [3.05, 3.63) is 121 Å². The zero-order chi connectivity index (χ0) is 38.7. The first-order valence-electron chi connectivity index (χ1n) is 18.2. The molecule has 7 aromatic carbocycles. The lowest BCUT2D eigenvalue weighted by Crippen LogP contribution is -2.38. The highest BCUT2D eigenvalue weighted by molar-refractivity contribution is 7.26. The van der Waals surface area contributed by atoms with Crippen LogP contribution >= 0.6 is 11.3 Å². The molecule has 0 saturated carbocycles. The largest absolute Gasteiger partial charge is 0.457 e. The second-order valence-electron chi connectivity index (χ2n) is 14.0. The van der Waals surface area contributed by atoms with Gasteiger partial charge in [-0.2, -0.15) is 0 Å². The van der Waals surface area contributed by atoms with Gasteiger partial charge in [-0.25, -0.2) is 15.0 Å². The van der Waals surface area contributed by atoms with E-state index in [9.17, 15) is 0 Å². The molecule has 0 aliphatic rings. The summed E-state index contributed by atoms with van der Waals surface area (Å²) in [4.78, 5) is 14.5. The Labute approximate surface area is 338 Å². The van der Waals surface area contributed by atoms with Crippen molar-refractivity contribution in [2.75, 3.05) is 0 Å². The summed E-state index contributed by atoms with van der Waals surface area (Å²) in [6.45, 7) is 0. The van der Waals surface area contributed by atoms with Crippen LogP contribution in [0, 0.1) is 0 Å². The number of hydrogen-bond donors (Lipinski definition) is 0. The third-order valence-electron chi connectivity index (χ3n) is 10.9. The minimum atomic E-state index is 0.155. The molecule has 0 amide bonds. The SMILES string of the molecule is [B]c1c(-c2nc(-c3ccccc3)nc(-c3ccccc3)n2)c([B])c2oc3c([B])c(-n4c5ccccc5c5c6sc7ccccc7c6ccc54)c([B])c([B])c3c2c1[B]. The maximum atomic E-state index is 7.16. The van der Waals surface area contributed by atoms with Crippen LogP contribution in [-0.4, -0.2) is 66.6 Å². The summed E-state index contributed by atoms with van der Waals surface area (Å²) in [5, 5.41) is 5.37. The Hall–Kier alpha value is -6.24. The molecule has 0 saturated heterocycles. The lowest BCUT2D eigenvalue weighted by atomic mass is 9.68. The molecule has 0 fully saturated rings. The van der Waals surface area contributed by atoms with E-state index in [2.05, 4.69) is 53.1 Å². The predicted molar refractivity (Wildman–Crippen MR) is 243 cm³/mol. The Morgan fingerprint density at radius 2 is 1.00 bits per heavy atom. The van der Waals surface area contributed by atoms with Gasteiger partial charge in [0.1, 0.15) is 58.2 Å². The van der Waals surface area contributed by atoms with Crippen molar-refractivity contribution in [2.45, 2.75) is 0 Å². The van der Waals surface area contributed by atoms with Gasteiger partial charge in [0.25, 0.3) is 0 Å². The van der Waals surface area contributed by atoms with Gasteiger partial charge in [0, 0.05) is 64.1 Å². The third kappa shape index (κ3) is 4.86. The van der Waals surface area contributed by atoms with Crippen molar-refractivity contribution >= 4 is 155 Å². The van der Waals surface area contributed by atoms with Gasteiger partial charge in [-0.3, -0.25) is 0 Å². The molecule has 0 atom stereocenters. The Morgan fingerprint density at radius 3 is 1.68 bits per heavy atom. The van der Waals surface area contributed by atoms with Crippen LogP contribution in [0.2, 0.25) is 0 Å². The van der Waals surface area contributed by atoms with Crippen LogP contribution in [0.4, 0.5) is 0 Å². The van der Waals surface area contributed by atoms with Gasteiger partial charge >= 0.3 is 0 Å². The molecule has 11 rings (SSSR count). The highest BCUT2D eigenvalue weighted by atomic mass is 32.1. The fraction of sp³-hybridized carbons (Fsp3) is 0. The van der Waals surface area contributed by atoms with E-state index in [1.807, 2.05) is 72.8 Å². The Balaban J connectivity index is 1.19. The molecular formula is C45H20B6N4OS. The summed E-state index contributed by atoms with van der Waals surface area (Å²) in [6.07, 6.45) is 0. The van der Waals surface area contributed by atoms with Gasteiger partial charge in [-0.1, -0.05) is 125 Å². The number of aromatic nitrogens is 4. The summed E-state index contributed by atoms with van der Waals surface area (Å²) in [5.41, 5.74) is 5.98. The minimum Gasteiger partial charge on any atom is -0.457 e. The average Bonchev–Trinajstić information content (AvgIpc) is 3.94. The fourth-order valence-electron chi connectivity index (χ4n) is 8.25. The maximum absolute atomic E-state index is 7.16. The number of furan rings is 1. The summed E-state index contributed by atoms with van der Waals surface area (Å²) in [5.74, 6) is 1.10. The summed E-state index contributed by atoms with van der Waals surface area (Å²) in [7, 11) is 42.0. The molecule has 0 aliphatic heterocycles. The van der Waals surface area contributed by atoms with Crippen molar-refractivity contribution in [2.24, 2.45) is 0 Å². The predicted octanol–water partition coefficient (Wildman–Crippen LogP) is 5.00. The monoisotopic (exact) mass is 730 g/mol. The number of fused-ring (bicyclic) bond motifs is 10. The molecule has 4 aromatic heterocycles. The van der Waals surface area contributed by atoms with E-state index in [0.29, 0.717) is 33.7 Å². The standard InChI is InChI=1S/C45H20B6N4OS/c46-33-30-31-34(47)37(50)39(55-26-17-9-7-16-25(26)29-27(55)20-19-24-23-15-8-10-18-28(23)57-42(24)29)38(51)41(31)56-40(30)36(49)32(35(33)48)45-53-43(21-11-3-1-4-12-21)52-44(54-45)22-13-5-2-6-14-22/h1-20H. The van der Waals surface area contributed by atoms with E-state index in [0.717, 1.165) is 32.9 Å². The highest BCUT2D eigenvalue weighted by Gasteiger charge is 2.26. The van der Waals surface area contributed by atoms with Crippen LogP contribution in [0.25, 0.3) is 104 Å². The van der Waals surface area contributed by atoms with Crippen LogP contribution in [0.3, 0.4) is 0 Å². The Kier molecular flexibility index (Phi) is 7.55. The number of hydrogen-bond acceptors (Lipinski definition) is 5. The van der Waals surface area contributed by atoms with E-state index in [-0.39, 0.29) is 49.8 Å². The first-order valence-corrected chi connectivity index (χ1v) is 19.0. The minimum absolute atomic E-state index is 0.155. The summed E-state index contributed by atoms with van der Waals surface area (Å²) >= 11 is 1.76. The number of para-hydroxylation sites is 1. The van der Waals surface area contributed by atoms with Gasteiger partial charge in [0.05, 0.1) is 11.0 Å². The molecule has 0 aliphatic carbocycles. The molecule has 57 heavy (non-hydrogen) atoms. The number of benzene rings is 7. The number of nitrogens with zero attached hydrogens (tertiary/aromatic N) is 4. The average molecular weight is 730 g/mol. The normalized spacial score (nSPS) is 11.9. The smallest absolute Gasteiger partial charge is 0.164 e. The van der Waals surface area contributed by atoms with Gasteiger partial charge in [-0.15, -0.1) is 11.3 Å². The second-order valence-corrected chi connectivity index (χ2v) is 15.1. The van der Waals surface area contributed by atoms with Gasteiger partial charge in [-0.05, 0) is 29.1 Å². The molecule has 0 unspecified atom stereocenters.